The Morgan fingerprint density at radius 2 is 2.06 bits per heavy atom. The minimum Gasteiger partial charge on any atom is -0.493 e. The quantitative estimate of drug-likeness (QED) is 0.909. The van der Waals surface area contributed by atoms with Crippen LogP contribution >= 0.6 is 15.9 Å². The van der Waals surface area contributed by atoms with Crippen molar-refractivity contribution in [1.82, 2.24) is 0 Å². The van der Waals surface area contributed by atoms with Gasteiger partial charge in [0.15, 0.2) is 17.3 Å². The van der Waals surface area contributed by atoms with Gasteiger partial charge in [-0.15, -0.1) is 0 Å². The first kappa shape index (κ1) is 14.3. The van der Waals surface area contributed by atoms with E-state index in [2.05, 4.69) is 15.9 Å². The lowest BCUT2D eigenvalue weighted by Crippen LogP contribution is -2.08. The highest BCUT2D eigenvalue weighted by atomic mass is 79.9. The van der Waals surface area contributed by atoms with Crippen LogP contribution in [-0.2, 0) is 0 Å². The summed E-state index contributed by atoms with van der Waals surface area (Å²) in [7, 11) is 2.90. The van der Waals surface area contributed by atoms with E-state index in [1.165, 1.54) is 14.2 Å². The highest BCUT2D eigenvalue weighted by Gasteiger charge is 2.22. The molecule has 3 nitrogen and oxygen atoms in total. The van der Waals surface area contributed by atoms with Crippen molar-refractivity contribution in [2.45, 2.75) is 19.3 Å². The van der Waals surface area contributed by atoms with Gasteiger partial charge >= 0.3 is 0 Å². The maximum atomic E-state index is 14.3. The average molecular weight is 306 g/mol. The van der Waals surface area contributed by atoms with Crippen LogP contribution in [0.15, 0.2) is 10.5 Å². The third-order valence-electron chi connectivity index (χ3n) is 2.69. The molecule has 1 aromatic carbocycles. The number of ether oxygens (including phenoxy) is 2. The Balaban J connectivity index is 3.31. The predicted molar refractivity (Wildman–Crippen MR) is 69.3 cm³/mol. The van der Waals surface area contributed by atoms with Crippen LogP contribution in [-0.4, -0.2) is 20.8 Å². The fourth-order valence-corrected chi connectivity index (χ4v) is 2.55. The Morgan fingerprint density at radius 1 is 1.41 bits per heavy atom. The summed E-state index contributed by atoms with van der Waals surface area (Å²) in [4.78, 5) is 0. The summed E-state index contributed by atoms with van der Waals surface area (Å²) in [6, 6.07) is 1.71. The third-order valence-corrected chi connectivity index (χ3v) is 3.35. The van der Waals surface area contributed by atoms with Crippen LogP contribution in [0.4, 0.5) is 4.39 Å². The second-order valence-electron chi connectivity index (χ2n) is 3.80. The normalized spacial score (nSPS) is 12.4. The van der Waals surface area contributed by atoms with Gasteiger partial charge in [-0.3, -0.25) is 0 Å². The molecule has 0 fully saturated rings. The zero-order valence-corrected chi connectivity index (χ0v) is 11.8. The first-order valence-electron chi connectivity index (χ1n) is 5.36. The molecule has 0 aliphatic carbocycles. The molecule has 0 radical (unpaired) electrons. The maximum Gasteiger partial charge on any atom is 0.197 e. The summed E-state index contributed by atoms with van der Waals surface area (Å²) in [5, 5.41) is 0. The van der Waals surface area contributed by atoms with E-state index in [-0.39, 0.29) is 17.5 Å². The zero-order valence-electron chi connectivity index (χ0n) is 10.2. The zero-order chi connectivity index (χ0) is 13.0. The van der Waals surface area contributed by atoms with Crippen LogP contribution in [0.2, 0.25) is 0 Å². The topological polar surface area (TPSA) is 44.5 Å². The Morgan fingerprint density at radius 3 is 2.53 bits per heavy atom. The van der Waals surface area contributed by atoms with Gasteiger partial charge in [0, 0.05) is 10.0 Å². The van der Waals surface area contributed by atoms with Crippen molar-refractivity contribution in [2.24, 2.45) is 5.73 Å². The van der Waals surface area contributed by atoms with Crippen molar-refractivity contribution in [2.75, 3.05) is 20.8 Å². The predicted octanol–water partition coefficient (Wildman–Crippen LogP) is 3.06. The first-order valence-corrected chi connectivity index (χ1v) is 6.16. The molecule has 1 rings (SSSR count). The molecule has 17 heavy (non-hydrogen) atoms. The standard InChI is InChI=1S/C12H17BrFNO2/c1-7(4-5-15)10-8(13)6-9(16-2)12(17-3)11(10)14/h6-7H,4-5,15H2,1-3H3. The van der Waals surface area contributed by atoms with Gasteiger partial charge < -0.3 is 15.2 Å². The summed E-state index contributed by atoms with van der Waals surface area (Å²) >= 11 is 3.36. The van der Waals surface area contributed by atoms with Gasteiger partial charge in [0.2, 0.25) is 0 Å². The molecule has 0 saturated carbocycles. The molecule has 5 heteroatoms. The maximum absolute atomic E-state index is 14.3. The molecule has 1 unspecified atom stereocenters. The molecule has 0 aliphatic rings. The Hall–Kier alpha value is -0.810. The second kappa shape index (κ2) is 6.21. The van der Waals surface area contributed by atoms with Crippen LogP contribution in [0.3, 0.4) is 0 Å². The number of hydrogen-bond donors (Lipinski definition) is 1. The van der Waals surface area contributed by atoms with E-state index < -0.39 is 0 Å². The van der Waals surface area contributed by atoms with Crippen LogP contribution in [0.25, 0.3) is 0 Å². The number of nitrogens with two attached hydrogens (primary N) is 1. The van der Waals surface area contributed by atoms with E-state index in [4.69, 9.17) is 15.2 Å². The van der Waals surface area contributed by atoms with Crippen LogP contribution < -0.4 is 15.2 Å². The van der Waals surface area contributed by atoms with Gasteiger partial charge in [-0.2, -0.15) is 0 Å². The Kier molecular flexibility index (Phi) is 5.21. The number of rotatable bonds is 5. The molecule has 0 heterocycles. The second-order valence-corrected chi connectivity index (χ2v) is 4.65. The number of benzene rings is 1. The van der Waals surface area contributed by atoms with Crippen molar-refractivity contribution in [3.63, 3.8) is 0 Å². The fraction of sp³-hybridized carbons (Fsp3) is 0.500. The minimum absolute atomic E-state index is 0.0224. The van der Waals surface area contributed by atoms with Crippen LogP contribution in [0, 0.1) is 5.82 Å². The van der Waals surface area contributed by atoms with E-state index in [1.807, 2.05) is 6.92 Å². The molecule has 0 aromatic heterocycles. The lowest BCUT2D eigenvalue weighted by molar-refractivity contribution is 0.334. The van der Waals surface area contributed by atoms with Gasteiger partial charge in [-0.1, -0.05) is 22.9 Å². The Bertz CT molecular complexity index is 399. The van der Waals surface area contributed by atoms with Gasteiger partial charge in [0.05, 0.1) is 14.2 Å². The number of methoxy groups -OCH3 is 2. The van der Waals surface area contributed by atoms with E-state index >= 15 is 0 Å². The smallest absolute Gasteiger partial charge is 0.197 e. The molecular formula is C12H17BrFNO2. The van der Waals surface area contributed by atoms with Gasteiger partial charge in [-0.25, -0.2) is 4.39 Å². The number of halogens is 2. The number of hydrogen-bond acceptors (Lipinski definition) is 3. The molecule has 0 saturated heterocycles. The summed E-state index contributed by atoms with van der Waals surface area (Å²) < 4.78 is 25.1. The molecule has 96 valence electrons. The van der Waals surface area contributed by atoms with Crippen molar-refractivity contribution in [3.05, 3.63) is 21.9 Å². The van der Waals surface area contributed by atoms with Crippen LogP contribution in [0.5, 0.6) is 11.5 Å². The lowest BCUT2D eigenvalue weighted by atomic mass is 9.96. The van der Waals surface area contributed by atoms with E-state index in [1.54, 1.807) is 6.07 Å². The van der Waals surface area contributed by atoms with Crippen molar-refractivity contribution in [1.29, 1.82) is 0 Å². The van der Waals surface area contributed by atoms with Crippen molar-refractivity contribution < 1.29 is 13.9 Å². The van der Waals surface area contributed by atoms with Crippen LogP contribution in [0.1, 0.15) is 24.8 Å². The summed E-state index contributed by atoms with van der Waals surface area (Å²) in [6.07, 6.45) is 0.713. The average Bonchev–Trinajstić information content (AvgIpc) is 2.28. The highest BCUT2D eigenvalue weighted by Crippen LogP contribution is 2.40. The SMILES string of the molecule is COc1cc(Br)c(C(C)CCN)c(F)c1OC. The minimum atomic E-state index is -0.389. The molecule has 1 atom stereocenters. The van der Waals surface area contributed by atoms with E-state index in [0.29, 0.717) is 28.8 Å². The molecule has 2 N–H and O–H groups in total. The molecule has 0 bridgehead atoms. The summed E-state index contributed by atoms with van der Waals surface area (Å²) in [5.41, 5.74) is 6.08. The van der Waals surface area contributed by atoms with Gasteiger partial charge in [0.1, 0.15) is 0 Å². The monoisotopic (exact) mass is 305 g/mol. The molecule has 0 aliphatic heterocycles. The van der Waals surface area contributed by atoms with Gasteiger partial charge in [0.25, 0.3) is 0 Å². The Labute approximate surface area is 109 Å². The van der Waals surface area contributed by atoms with Crippen molar-refractivity contribution >= 4 is 15.9 Å². The van der Waals surface area contributed by atoms with E-state index in [9.17, 15) is 4.39 Å². The summed E-state index contributed by atoms with van der Waals surface area (Å²) in [5.74, 6) is 0.143. The van der Waals surface area contributed by atoms with E-state index in [0.717, 1.165) is 0 Å². The molecular weight excluding hydrogens is 289 g/mol. The molecule has 1 aromatic rings. The first-order chi connectivity index (χ1) is 8.06. The third kappa shape index (κ3) is 2.90. The highest BCUT2D eigenvalue weighted by molar-refractivity contribution is 9.10. The summed E-state index contributed by atoms with van der Waals surface area (Å²) in [6.45, 7) is 2.45. The van der Waals surface area contributed by atoms with Gasteiger partial charge in [-0.05, 0) is 24.9 Å². The molecule has 0 spiro atoms. The molecule has 0 amide bonds. The fourth-order valence-electron chi connectivity index (χ4n) is 1.78. The lowest BCUT2D eigenvalue weighted by Gasteiger charge is -2.18. The largest absolute Gasteiger partial charge is 0.493 e. The van der Waals surface area contributed by atoms with Crippen molar-refractivity contribution in [3.8, 4) is 11.5 Å².